The number of nitrogens with one attached hydrogen (secondary N) is 1. The largest absolute Gasteiger partial charge is 0.355 e. The number of hydrogen-bond donors (Lipinski definition) is 1. The highest BCUT2D eigenvalue weighted by atomic mass is 35.5. The fraction of sp³-hybridized carbons (Fsp3) is 0.357. The third kappa shape index (κ3) is 2.85. The molecular formula is C14H17ClN2O. The van der Waals surface area contributed by atoms with E-state index in [0.717, 1.165) is 30.3 Å². The predicted octanol–water partition coefficient (Wildman–Crippen LogP) is 3.21. The first-order valence-corrected chi connectivity index (χ1v) is 6.60. The number of unbranched alkanes of at least 4 members (excludes halogenated alkanes) is 1. The summed E-state index contributed by atoms with van der Waals surface area (Å²) >= 11 is 6.16. The third-order valence-corrected chi connectivity index (χ3v) is 3.21. The van der Waals surface area contributed by atoms with Crippen molar-refractivity contribution in [2.75, 3.05) is 6.54 Å². The zero-order chi connectivity index (χ0) is 13.0. The molecule has 2 aromatic rings. The third-order valence-electron chi connectivity index (χ3n) is 2.91. The number of carbonyl (C=O) groups excluding carboxylic acids is 1. The minimum Gasteiger partial charge on any atom is -0.355 e. The molecule has 1 heterocycles. The second-order valence-electron chi connectivity index (χ2n) is 4.32. The van der Waals surface area contributed by atoms with Crippen LogP contribution in [-0.4, -0.2) is 17.0 Å². The average Bonchev–Trinajstić information content (AvgIpc) is 2.74. The number of aromatic nitrogens is 1. The van der Waals surface area contributed by atoms with E-state index in [9.17, 15) is 4.79 Å². The highest BCUT2D eigenvalue weighted by Crippen LogP contribution is 2.24. The number of halogens is 1. The van der Waals surface area contributed by atoms with E-state index in [1.165, 1.54) is 0 Å². The molecule has 0 radical (unpaired) electrons. The molecule has 96 valence electrons. The Morgan fingerprint density at radius 3 is 3.00 bits per heavy atom. The van der Waals surface area contributed by atoms with E-state index in [0.29, 0.717) is 11.6 Å². The van der Waals surface area contributed by atoms with E-state index < -0.39 is 0 Å². The molecule has 1 aromatic heterocycles. The van der Waals surface area contributed by atoms with Gasteiger partial charge in [0.15, 0.2) is 0 Å². The zero-order valence-electron chi connectivity index (χ0n) is 10.4. The van der Waals surface area contributed by atoms with Gasteiger partial charge in [0.05, 0.1) is 10.5 Å². The van der Waals surface area contributed by atoms with Gasteiger partial charge in [0.1, 0.15) is 6.54 Å². The molecule has 0 bridgehead atoms. The lowest BCUT2D eigenvalue weighted by atomic mass is 10.2. The second kappa shape index (κ2) is 5.91. The summed E-state index contributed by atoms with van der Waals surface area (Å²) in [7, 11) is 0. The maximum absolute atomic E-state index is 11.8. The number of rotatable bonds is 5. The van der Waals surface area contributed by atoms with Crippen molar-refractivity contribution in [3.05, 3.63) is 35.5 Å². The van der Waals surface area contributed by atoms with Crippen molar-refractivity contribution in [2.45, 2.75) is 26.3 Å². The summed E-state index contributed by atoms with van der Waals surface area (Å²) in [5, 5.41) is 4.64. The van der Waals surface area contributed by atoms with Crippen LogP contribution in [0.25, 0.3) is 10.9 Å². The summed E-state index contributed by atoms with van der Waals surface area (Å²) in [4.78, 5) is 11.8. The van der Waals surface area contributed by atoms with Crippen LogP contribution >= 0.6 is 11.6 Å². The van der Waals surface area contributed by atoms with Crippen LogP contribution in [0, 0.1) is 0 Å². The molecule has 0 saturated heterocycles. The molecule has 18 heavy (non-hydrogen) atoms. The Morgan fingerprint density at radius 2 is 2.22 bits per heavy atom. The van der Waals surface area contributed by atoms with Crippen LogP contribution < -0.4 is 5.32 Å². The van der Waals surface area contributed by atoms with E-state index >= 15 is 0 Å². The first-order chi connectivity index (χ1) is 8.72. The van der Waals surface area contributed by atoms with E-state index in [1.807, 2.05) is 35.0 Å². The average molecular weight is 265 g/mol. The lowest BCUT2D eigenvalue weighted by Crippen LogP contribution is -2.28. The minimum absolute atomic E-state index is 0.0286. The molecule has 0 fully saturated rings. The number of amides is 1. The number of benzene rings is 1. The van der Waals surface area contributed by atoms with Gasteiger partial charge in [-0.1, -0.05) is 37.1 Å². The van der Waals surface area contributed by atoms with Crippen molar-refractivity contribution in [3.8, 4) is 0 Å². The Morgan fingerprint density at radius 1 is 1.39 bits per heavy atom. The van der Waals surface area contributed by atoms with Gasteiger partial charge < -0.3 is 9.88 Å². The molecule has 0 aliphatic carbocycles. The molecule has 4 heteroatoms. The van der Waals surface area contributed by atoms with E-state index in [1.54, 1.807) is 0 Å². The van der Waals surface area contributed by atoms with Crippen LogP contribution in [0.1, 0.15) is 19.8 Å². The van der Waals surface area contributed by atoms with Crippen LogP contribution in [0.15, 0.2) is 30.5 Å². The summed E-state index contributed by atoms with van der Waals surface area (Å²) in [6, 6.07) is 7.72. The molecule has 0 saturated carbocycles. The normalized spacial score (nSPS) is 10.8. The van der Waals surface area contributed by atoms with Crippen LogP contribution in [0.3, 0.4) is 0 Å². The minimum atomic E-state index is 0.0286. The molecule has 2 rings (SSSR count). The number of carbonyl (C=O) groups is 1. The molecule has 0 aliphatic rings. The standard InChI is InChI=1S/C14H17ClN2O/c1-2-3-8-16-13(18)10-17-9-7-11-5-4-6-12(15)14(11)17/h4-7,9H,2-3,8,10H2,1H3,(H,16,18). The topological polar surface area (TPSA) is 34.0 Å². The van der Waals surface area contributed by atoms with Gasteiger partial charge in [-0.05, 0) is 18.6 Å². The zero-order valence-corrected chi connectivity index (χ0v) is 11.2. The number of nitrogens with zero attached hydrogens (tertiary/aromatic N) is 1. The SMILES string of the molecule is CCCCNC(=O)Cn1ccc2cccc(Cl)c21. The Bertz CT molecular complexity index is 548. The Balaban J connectivity index is 2.10. The summed E-state index contributed by atoms with van der Waals surface area (Å²) in [5.74, 6) is 0.0286. The monoisotopic (exact) mass is 264 g/mol. The number of para-hydroxylation sites is 1. The lowest BCUT2D eigenvalue weighted by Gasteiger charge is -2.07. The lowest BCUT2D eigenvalue weighted by molar-refractivity contribution is -0.121. The Kier molecular flexibility index (Phi) is 4.26. The van der Waals surface area contributed by atoms with Crippen molar-refractivity contribution in [3.63, 3.8) is 0 Å². The highest BCUT2D eigenvalue weighted by Gasteiger charge is 2.08. The molecule has 0 atom stereocenters. The van der Waals surface area contributed by atoms with Crippen molar-refractivity contribution < 1.29 is 4.79 Å². The van der Waals surface area contributed by atoms with Crippen molar-refractivity contribution in [2.24, 2.45) is 0 Å². The summed E-state index contributed by atoms with van der Waals surface area (Å²) < 4.78 is 1.89. The van der Waals surface area contributed by atoms with Crippen molar-refractivity contribution in [1.29, 1.82) is 0 Å². The van der Waals surface area contributed by atoms with Gasteiger partial charge >= 0.3 is 0 Å². The molecule has 1 aromatic carbocycles. The first-order valence-electron chi connectivity index (χ1n) is 6.22. The molecule has 3 nitrogen and oxygen atoms in total. The quantitative estimate of drug-likeness (QED) is 0.827. The second-order valence-corrected chi connectivity index (χ2v) is 4.73. The Labute approximate surface area is 112 Å². The molecule has 0 spiro atoms. The molecule has 1 amide bonds. The maximum Gasteiger partial charge on any atom is 0.239 e. The molecule has 0 aliphatic heterocycles. The summed E-state index contributed by atoms with van der Waals surface area (Å²) in [6.07, 6.45) is 3.99. The van der Waals surface area contributed by atoms with Crippen LogP contribution in [0.2, 0.25) is 5.02 Å². The smallest absolute Gasteiger partial charge is 0.239 e. The van der Waals surface area contributed by atoms with Gasteiger partial charge in [0, 0.05) is 18.1 Å². The van der Waals surface area contributed by atoms with Crippen LogP contribution in [-0.2, 0) is 11.3 Å². The molecule has 0 unspecified atom stereocenters. The van der Waals surface area contributed by atoms with Crippen LogP contribution in [0.4, 0.5) is 0 Å². The van der Waals surface area contributed by atoms with Crippen molar-refractivity contribution >= 4 is 28.4 Å². The summed E-state index contributed by atoms with van der Waals surface area (Å²) in [5.41, 5.74) is 0.921. The Hall–Kier alpha value is -1.48. The van der Waals surface area contributed by atoms with E-state index in [-0.39, 0.29) is 5.91 Å². The van der Waals surface area contributed by atoms with Gasteiger partial charge in [-0.2, -0.15) is 0 Å². The van der Waals surface area contributed by atoms with E-state index in [4.69, 9.17) is 11.6 Å². The number of fused-ring (bicyclic) bond motifs is 1. The van der Waals surface area contributed by atoms with E-state index in [2.05, 4.69) is 12.2 Å². The van der Waals surface area contributed by atoms with Gasteiger partial charge in [0.25, 0.3) is 0 Å². The van der Waals surface area contributed by atoms with Crippen molar-refractivity contribution in [1.82, 2.24) is 9.88 Å². The summed E-state index contributed by atoms with van der Waals surface area (Å²) in [6.45, 7) is 3.16. The molecular weight excluding hydrogens is 248 g/mol. The van der Waals surface area contributed by atoms with Gasteiger partial charge in [0.2, 0.25) is 5.91 Å². The maximum atomic E-state index is 11.8. The van der Waals surface area contributed by atoms with Gasteiger partial charge in [-0.25, -0.2) is 0 Å². The number of hydrogen-bond acceptors (Lipinski definition) is 1. The fourth-order valence-electron chi connectivity index (χ4n) is 1.96. The van der Waals surface area contributed by atoms with Gasteiger partial charge in [-0.15, -0.1) is 0 Å². The molecule has 1 N–H and O–H groups in total. The van der Waals surface area contributed by atoms with Gasteiger partial charge in [-0.3, -0.25) is 4.79 Å². The predicted molar refractivity (Wildman–Crippen MR) is 74.9 cm³/mol. The van der Waals surface area contributed by atoms with Crippen LogP contribution in [0.5, 0.6) is 0 Å². The highest BCUT2D eigenvalue weighted by molar-refractivity contribution is 6.35. The first kappa shape index (κ1) is 13.0. The fourth-order valence-corrected chi connectivity index (χ4v) is 2.25.